The highest BCUT2D eigenvalue weighted by Gasteiger charge is 2.32. The molecule has 7 nitrogen and oxygen atoms in total. The number of nitrogens with zero attached hydrogens (tertiary/aromatic N) is 2. The number of aryl methyl sites for hydroxylation is 2. The average molecular weight is 627 g/mol. The fraction of sp³-hybridized carbons (Fsp3) is 0.138. The lowest BCUT2D eigenvalue weighted by molar-refractivity contribution is 0.337. The number of nitrogens with one attached hydrogen (secondary N) is 1. The molecule has 4 rings (SSSR count). The summed E-state index contributed by atoms with van der Waals surface area (Å²) < 4.78 is 58.7. The molecule has 0 aromatic heterocycles. The van der Waals surface area contributed by atoms with Crippen molar-refractivity contribution in [1.82, 2.24) is 9.14 Å². The number of rotatable bonds is 10. The van der Waals surface area contributed by atoms with Crippen molar-refractivity contribution in [2.75, 3.05) is 6.54 Å². The Morgan fingerprint density at radius 3 is 1.87 bits per heavy atom. The molecule has 0 aliphatic rings. The minimum atomic E-state index is -4.19. The van der Waals surface area contributed by atoms with E-state index < -0.39 is 26.1 Å². The first kappa shape index (κ1) is 28.7. The third-order valence-corrected chi connectivity index (χ3v) is 9.68. The largest absolute Gasteiger partial charge is 0.279 e. The molecule has 1 atom stereocenters. The van der Waals surface area contributed by atoms with Crippen molar-refractivity contribution in [2.45, 2.75) is 29.7 Å². The van der Waals surface area contributed by atoms with Gasteiger partial charge in [0, 0.05) is 11.0 Å². The molecule has 1 N–H and O–H groups in total. The number of hydrogen-bond donors (Lipinski definition) is 1. The molecule has 0 heterocycles. The van der Waals surface area contributed by atoms with E-state index in [1.165, 1.54) is 30.5 Å². The van der Waals surface area contributed by atoms with Crippen molar-refractivity contribution in [2.24, 2.45) is 5.10 Å². The van der Waals surface area contributed by atoms with Crippen LogP contribution in [0.5, 0.6) is 0 Å². The van der Waals surface area contributed by atoms with Crippen LogP contribution in [0, 0.1) is 13.8 Å². The second kappa shape index (κ2) is 12.3. The van der Waals surface area contributed by atoms with Crippen molar-refractivity contribution >= 4 is 42.2 Å². The fourth-order valence-corrected chi connectivity index (χ4v) is 6.49. The Hall–Kier alpha value is -3.31. The molecule has 0 aliphatic carbocycles. The molecule has 39 heavy (non-hydrogen) atoms. The normalized spacial score (nSPS) is 12.9. The van der Waals surface area contributed by atoms with Gasteiger partial charge >= 0.3 is 0 Å². The molecule has 0 saturated heterocycles. The standard InChI is InChI=1S/C29H28BrN3O4S2/c1-22-8-16-27(17-9-22)38(34,35)32-21-29(25-6-4-3-5-7-25)33(31-20-24-12-14-26(30)15-13-24)39(36,37)28-18-10-23(2)11-19-28/h3-20,29,32H,21H2,1-2H3/b31-20+. The first-order chi connectivity index (χ1) is 18.6. The Labute approximate surface area is 238 Å². The van der Waals surface area contributed by atoms with Crippen molar-refractivity contribution in [3.63, 3.8) is 0 Å². The zero-order valence-electron chi connectivity index (χ0n) is 21.4. The van der Waals surface area contributed by atoms with Crippen molar-refractivity contribution in [1.29, 1.82) is 0 Å². The summed E-state index contributed by atoms with van der Waals surface area (Å²) in [5.74, 6) is 0. The molecule has 0 fully saturated rings. The highest BCUT2D eigenvalue weighted by atomic mass is 79.9. The molecule has 202 valence electrons. The summed E-state index contributed by atoms with van der Waals surface area (Å²) in [6.07, 6.45) is 1.45. The maximum absolute atomic E-state index is 14.0. The van der Waals surface area contributed by atoms with Crippen LogP contribution in [-0.4, -0.2) is 34.0 Å². The lowest BCUT2D eigenvalue weighted by Gasteiger charge is -2.29. The molecule has 4 aromatic carbocycles. The Morgan fingerprint density at radius 2 is 1.31 bits per heavy atom. The monoisotopic (exact) mass is 625 g/mol. The molecule has 0 bridgehead atoms. The van der Waals surface area contributed by atoms with Crippen LogP contribution in [0.2, 0.25) is 0 Å². The second-order valence-electron chi connectivity index (χ2n) is 8.98. The van der Waals surface area contributed by atoms with Crippen LogP contribution in [0.4, 0.5) is 0 Å². The SMILES string of the molecule is Cc1ccc(S(=O)(=O)NCC(c2ccccc2)N(/N=C/c2ccc(Br)cc2)S(=O)(=O)c2ccc(C)cc2)cc1. The summed E-state index contributed by atoms with van der Waals surface area (Å²) in [6.45, 7) is 3.49. The third kappa shape index (κ3) is 7.21. The minimum absolute atomic E-state index is 0.0448. The van der Waals surface area contributed by atoms with Gasteiger partial charge in [0.25, 0.3) is 10.0 Å². The van der Waals surface area contributed by atoms with Crippen LogP contribution in [0.3, 0.4) is 0 Å². The molecule has 1 unspecified atom stereocenters. The van der Waals surface area contributed by atoms with Gasteiger partial charge in [0.15, 0.2) is 0 Å². The molecule has 10 heteroatoms. The molecule has 0 saturated carbocycles. The lowest BCUT2D eigenvalue weighted by atomic mass is 10.1. The van der Waals surface area contributed by atoms with Gasteiger partial charge in [-0.25, -0.2) is 13.1 Å². The van der Waals surface area contributed by atoms with Crippen molar-refractivity contribution < 1.29 is 16.8 Å². The van der Waals surface area contributed by atoms with E-state index >= 15 is 0 Å². The van der Waals surface area contributed by atoms with Crippen LogP contribution in [0.25, 0.3) is 0 Å². The van der Waals surface area contributed by atoms with E-state index in [1.54, 1.807) is 66.7 Å². The van der Waals surface area contributed by atoms with Gasteiger partial charge in [-0.3, -0.25) is 0 Å². The Morgan fingerprint density at radius 1 is 0.769 bits per heavy atom. The lowest BCUT2D eigenvalue weighted by Crippen LogP contribution is -2.39. The van der Waals surface area contributed by atoms with Crippen molar-refractivity contribution in [3.8, 4) is 0 Å². The van der Waals surface area contributed by atoms with Gasteiger partial charge < -0.3 is 0 Å². The van der Waals surface area contributed by atoms with Crippen LogP contribution in [0.15, 0.2) is 122 Å². The Balaban J connectivity index is 1.78. The maximum atomic E-state index is 14.0. The zero-order chi connectivity index (χ0) is 28.0. The van der Waals surface area contributed by atoms with Gasteiger partial charge in [-0.05, 0) is 61.4 Å². The van der Waals surface area contributed by atoms with Gasteiger partial charge in [0.05, 0.1) is 16.0 Å². The van der Waals surface area contributed by atoms with Crippen LogP contribution in [-0.2, 0) is 20.0 Å². The van der Waals surface area contributed by atoms with Gasteiger partial charge in [-0.2, -0.15) is 17.9 Å². The quantitative estimate of drug-likeness (QED) is 0.178. The Kier molecular flexibility index (Phi) is 9.01. The number of benzene rings is 4. The molecule has 0 aliphatic heterocycles. The summed E-state index contributed by atoms with van der Waals surface area (Å²) in [7, 11) is -8.12. The van der Waals surface area contributed by atoms with E-state index in [2.05, 4.69) is 25.8 Å². The van der Waals surface area contributed by atoms with E-state index in [4.69, 9.17) is 0 Å². The number of hydrazone groups is 1. The van der Waals surface area contributed by atoms with E-state index in [0.29, 0.717) is 11.1 Å². The third-order valence-electron chi connectivity index (χ3n) is 6.00. The summed E-state index contributed by atoms with van der Waals surface area (Å²) in [5, 5.41) is 4.43. The summed E-state index contributed by atoms with van der Waals surface area (Å²) >= 11 is 3.39. The summed E-state index contributed by atoms with van der Waals surface area (Å²) in [5.41, 5.74) is 3.08. The number of sulfonamides is 2. The van der Waals surface area contributed by atoms with Gasteiger partial charge in [0.1, 0.15) is 6.04 Å². The highest BCUT2D eigenvalue weighted by molar-refractivity contribution is 9.10. The van der Waals surface area contributed by atoms with Gasteiger partial charge in [0.2, 0.25) is 10.0 Å². The van der Waals surface area contributed by atoms with Crippen LogP contribution < -0.4 is 4.72 Å². The molecule has 0 spiro atoms. The molecular formula is C29H28BrN3O4S2. The van der Waals surface area contributed by atoms with E-state index in [-0.39, 0.29) is 16.3 Å². The van der Waals surface area contributed by atoms with E-state index in [1.807, 2.05) is 26.0 Å². The molecular weight excluding hydrogens is 598 g/mol. The minimum Gasteiger partial charge on any atom is -0.209 e. The highest BCUT2D eigenvalue weighted by Crippen LogP contribution is 2.29. The predicted octanol–water partition coefficient (Wildman–Crippen LogP) is 5.81. The van der Waals surface area contributed by atoms with Crippen molar-refractivity contribution in [3.05, 3.63) is 130 Å². The summed E-state index contributed by atoms with van der Waals surface area (Å²) in [4.78, 5) is 0.134. The molecule has 0 amide bonds. The van der Waals surface area contributed by atoms with E-state index in [9.17, 15) is 16.8 Å². The maximum Gasteiger partial charge on any atom is 0.279 e. The van der Waals surface area contributed by atoms with Crippen LogP contribution >= 0.6 is 15.9 Å². The van der Waals surface area contributed by atoms with Crippen LogP contribution in [0.1, 0.15) is 28.3 Å². The first-order valence-corrected chi connectivity index (χ1v) is 15.8. The fourth-order valence-electron chi connectivity index (χ4n) is 3.79. The first-order valence-electron chi connectivity index (χ1n) is 12.1. The topological polar surface area (TPSA) is 95.9 Å². The Bertz CT molecular complexity index is 1640. The zero-order valence-corrected chi connectivity index (χ0v) is 24.6. The predicted molar refractivity (Wildman–Crippen MR) is 157 cm³/mol. The molecule has 0 radical (unpaired) electrons. The number of hydrogen-bond acceptors (Lipinski definition) is 5. The average Bonchev–Trinajstić information content (AvgIpc) is 2.92. The van der Waals surface area contributed by atoms with Gasteiger partial charge in [-0.1, -0.05) is 93.8 Å². The number of halogens is 1. The van der Waals surface area contributed by atoms with E-state index in [0.717, 1.165) is 20.0 Å². The summed E-state index contributed by atoms with van der Waals surface area (Å²) in [6, 6.07) is 28.0. The smallest absolute Gasteiger partial charge is 0.209 e. The molecule has 4 aromatic rings. The second-order valence-corrected chi connectivity index (χ2v) is 13.5. The van der Waals surface area contributed by atoms with Gasteiger partial charge in [-0.15, -0.1) is 0 Å².